The molecule has 1 fully saturated rings. The van der Waals surface area contributed by atoms with Crippen LogP contribution in [0.25, 0.3) is 4.85 Å². The fourth-order valence-electron chi connectivity index (χ4n) is 2.92. The molecule has 1 aliphatic rings. The Balaban J connectivity index is 2.27. The molecule has 0 bridgehead atoms. The number of halogens is 1. The largest absolute Gasteiger partial charge is 0.355 e. The third-order valence-electron chi connectivity index (χ3n) is 4.36. The highest BCUT2D eigenvalue weighted by Gasteiger charge is 2.50. The van der Waals surface area contributed by atoms with Crippen LogP contribution in [0.15, 0.2) is 36.4 Å². The number of rotatable bonds is 3. The topological polar surface area (TPSA) is 57.0 Å². The van der Waals surface area contributed by atoms with Gasteiger partial charge >= 0.3 is 0 Å². The number of benzene rings is 2. The quantitative estimate of drug-likeness (QED) is 0.604. The van der Waals surface area contributed by atoms with Crippen molar-refractivity contribution in [3.8, 4) is 0 Å². The molecule has 2 aromatic carbocycles. The molecule has 6 nitrogen and oxygen atoms in total. The van der Waals surface area contributed by atoms with E-state index < -0.39 is 60.2 Å². The number of nitrogens with one attached hydrogen (secondary N) is 1. The van der Waals surface area contributed by atoms with Gasteiger partial charge in [-0.3, -0.25) is 14.5 Å². The Morgan fingerprint density at radius 3 is 2.59 bits per heavy atom. The molecule has 29 heavy (non-hydrogen) atoms. The Hall–Kier alpha value is -3.31. The van der Waals surface area contributed by atoms with Crippen molar-refractivity contribution in [1.29, 1.82) is 0 Å². The Bertz CT molecular complexity index is 1370. The number of carbonyl (C=O) groups excluding carboxylic acids is 2. The first-order valence-electron chi connectivity index (χ1n) is 12.6. The number of hydrogen-bond acceptors (Lipinski definition) is 3. The van der Waals surface area contributed by atoms with Crippen molar-refractivity contribution in [3.05, 3.63) is 64.8 Å². The van der Waals surface area contributed by atoms with Crippen molar-refractivity contribution in [1.82, 2.24) is 5.32 Å². The summed E-state index contributed by atoms with van der Waals surface area (Å²) in [5.41, 5.74) is -3.88. The van der Waals surface area contributed by atoms with Gasteiger partial charge in [-0.2, -0.15) is 0 Å². The van der Waals surface area contributed by atoms with Gasteiger partial charge in [0.05, 0.1) is 12.1 Å². The SMILES string of the molecule is [2H]C([2H])([2H])NC(=O)c1ccc(N2C(=S)N(c3ccc([N+]#[C-])c(C)c3)C(=O)C2(C([2H])([2H])[2H])C([2H])([2H])[2H])cc1F. The van der Waals surface area contributed by atoms with E-state index in [0.29, 0.717) is 21.4 Å². The van der Waals surface area contributed by atoms with E-state index in [0.717, 1.165) is 12.1 Å². The van der Waals surface area contributed by atoms with Crippen LogP contribution in [0.2, 0.25) is 0 Å². The van der Waals surface area contributed by atoms with E-state index in [2.05, 4.69) is 4.85 Å². The van der Waals surface area contributed by atoms with Crippen molar-refractivity contribution >= 4 is 46.2 Å². The molecule has 1 N–H and O–H groups in total. The highest BCUT2D eigenvalue weighted by atomic mass is 32.1. The molecule has 0 radical (unpaired) electrons. The smallest absolute Gasteiger partial charge is 0.259 e. The summed E-state index contributed by atoms with van der Waals surface area (Å²) in [6.07, 6.45) is 0. The van der Waals surface area contributed by atoms with Crippen molar-refractivity contribution in [2.45, 2.75) is 26.2 Å². The fraction of sp³-hybridized carbons (Fsp3) is 0.238. The van der Waals surface area contributed by atoms with Gasteiger partial charge in [-0.15, -0.1) is 0 Å². The third-order valence-corrected chi connectivity index (χ3v) is 4.72. The number of thiocarbonyl (C=S) groups is 1. The van der Waals surface area contributed by atoms with E-state index in [1.165, 1.54) is 18.2 Å². The number of hydrogen-bond donors (Lipinski definition) is 1. The second-order valence-electron chi connectivity index (χ2n) is 6.17. The van der Waals surface area contributed by atoms with Crippen LogP contribution < -0.4 is 15.1 Å². The van der Waals surface area contributed by atoms with Crippen LogP contribution in [-0.4, -0.2) is 29.4 Å². The van der Waals surface area contributed by atoms with Crippen molar-refractivity contribution in [2.75, 3.05) is 16.8 Å². The van der Waals surface area contributed by atoms with Gasteiger partial charge in [0.25, 0.3) is 11.8 Å². The summed E-state index contributed by atoms with van der Waals surface area (Å²) in [6, 6.07) is 6.37. The molecule has 0 unspecified atom stereocenters. The average Bonchev–Trinajstić information content (AvgIpc) is 2.99. The van der Waals surface area contributed by atoms with Gasteiger partial charge < -0.3 is 10.2 Å². The van der Waals surface area contributed by atoms with Gasteiger partial charge in [0, 0.05) is 30.7 Å². The molecule has 1 saturated heterocycles. The molecule has 3 rings (SSSR count). The minimum Gasteiger partial charge on any atom is -0.355 e. The predicted octanol–water partition coefficient (Wildman–Crippen LogP) is 3.96. The Morgan fingerprint density at radius 1 is 1.28 bits per heavy atom. The predicted molar refractivity (Wildman–Crippen MR) is 114 cm³/mol. The summed E-state index contributed by atoms with van der Waals surface area (Å²) in [4.78, 5) is 30.5. The number of nitrogens with zero attached hydrogens (tertiary/aromatic N) is 3. The Morgan fingerprint density at radius 2 is 2.00 bits per heavy atom. The second-order valence-corrected chi connectivity index (χ2v) is 6.53. The van der Waals surface area contributed by atoms with Crippen LogP contribution in [0.3, 0.4) is 0 Å². The maximum atomic E-state index is 15.0. The summed E-state index contributed by atoms with van der Waals surface area (Å²) in [7, 11) is 0. The van der Waals surface area contributed by atoms with Crippen LogP contribution in [-0.2, 0) is 4.79 Å². The number of anilines is 2. The normalized spacial score (nSPS) is 21.3. The summed E-state index contributed by atoms with van der Waals surface area (Å²) in [6.45, 7) is -1.24. The van der Waals surface area contributed by atoms with E-state index in [9.17, 15) is 9.59 Å². The van der Waals surface area contributed by atoms with E-state index >= 15 is 4.39 Å². The van der Waals surface area contributed by atoms with Crippen LogP contribution in [0.5, 0.6) is 0 Å². The first kappa shape index (κ1) is 11.6. The molecule has 148 valence electrons. The maximum Gasteiger partial charge on any atom is 0.259 e. The molecule has 2 amide bonds. The molecule has 0 spiro atoms. The Kier molecular flexibility index (Phi) is 2.91. The zero-order chi connectivity index (χ0) is 29.0. The summed E-state index contributed by atoms with van der Waals surface area (Å²) < 4.78 is 85.1. The molecule has 0 atom stereocenters. The molecule has 1 heterocycles. The third kappa shape index (κ3) is 3.23. The van der Waals surface area contributed by atoms with Gasteiger partial charge in [-0.05, 0) is 68.7 Å². The van der Waals surface area contributed by atoms with Gasteiger partial charge in [0.1, 0.15) is 11.4 Å². The zero-order valence-electron chi connectivity index (χ0n) is 23.9. The number of aryl methyl sites for hydroxylation is 1. The number of amides is 2. The van der Waals surface area contributed by atoms with Gasteiger partial charge in [0.15, 0.2) is 10.8 Å². The van der Waals surface area contributed by atoms with Gasteiger partial charge in [0.2, 0.25) is 0 Å². The van der Waals surface area contributed by atoms with Gasteiger partial charge in [-0.1, -0.05) is 6.07 Å². The van der Waals surface area contributed by atoms with E-state index in [4.69, 9.17) is 31.1 Å². The lowest BCUT2D eigenvalue weighted by Crippen LogP contribution is -2.44. The minimum atomic E-state index is -3.53. The lowest BCUT2D eigenvalue weighted by molar-refractivity contribution is -0.120. The van der Waals surface area contributed by atoms with Crippen LogP contribution >= 0.6 is 12.2 Å². The van der Waals surface area contributed by atoms with Crippen molar-refractivity contribution < 1.29 is 26.3 Å². The fourth-order valence-corrected chi connectivity index (χ4v) is 3.35. The lowest BCUT2D eigenvalue weighted by Gasteiger charge is -2.29. The molecule has 8 heteroatoms. The van der Waals surface area contributed by atoms with Gasteiger partial charge in [-0.25, -0.2) is 9.24 Å². The van der Waals surface area contributed by atoms with E-state index in [1.54, 1.807) is 12.2 Å². The molecule has 2 aromatic rings. The molecular weight excluding hydrogens is 391 g/mol. The number of carbonyl (C=O) groups is 2. The lowest BCUT2D eigenvalue weighted by atomic mass is 10.0. The molecule has 0 aliphatic carbocycles. The van der Waals surface area contributed by atoms with Crippen molar-refractivity contribution in [2.24, 2.45) is 0 Å². The van der Waals surface area contributed by atoms with E-state index in [-0.39, 0.29) is 11.4 Å². The average molecular weight is 420 g/mol. The molecule has 0 saturated carbocycles. The minimum absolute atomic E-state index is 0.0144. The first-order chi connectivity index (χ1) is 17.3. The van der Waals surface area contributed by atoms with E-state index in [1.807, 2.05) is 0 Å². The molecule has 1 aliphatic heterocycles. The van der Waals surface area contributed by atoms with Crippen LogP contribution in [0.1, 0.15) is 42.0 Å². The summed E-state index contributed by atoms with van der Waals surface area (Å²) in [5.74, 6) is -4.05. The summed E-state index contributed by atoms with van der Waals surface area (Å²) >= 11 is 5.39. The standard InChI is InChI=1S/C21H19FN4O2S/c1-12-10-13(7-9-17(12)23-4)25-19(28)21(2,3)26(20(25)29)14-6-8-15(16(22)11-14)18(27)24-5/h6-11H,1-3,5H3,(H,24,27)/i2D3,3D3,5D3. The summed E-state index contributed by atoms with van der Waals surface area (Å²) in [5, 5.41) is 1.01. The highest BCUT2D eigenvalue weighted by molar-refractivity contribution is 7.81. The second kappa shape index (κ2) is 7.26. The molecular formula is C21H19FN4O2S. The highest BCUT2D eigenvalue weighted by Crippen LogP contribution is 2.37. The van der Waals surface area contributed by atoms with Crippen LogP contribution in [0.4, 0.5) is 21.5 Å². The maximum absolute atomic E-state index is 15.0. The zero-order valence-corrected chi connectivity index (χ0v) is 15.7. The first-order valence-corrected chi connectivity index (χ1v) is 8.47. The monoisotopic (exact) mass is 419 g/mol. The molecule has 0 aromatic heterocycles. The van der Waals surface area contributed by atoms with Crippen LogP contribution in [0, 0.1) is 19.3 Å². The Labute approximate surface area is 186 Å². The van der Waals surface area contributed by atoms with Crippen molar-refractivity contribution in [3.63, 3.8) is 0 Å².